The zero-order chi connectivity index (χ0) is 10.3. The summed E-state index contributed by atoms with van der Waals surface area (Å²) in [4.78, 5) is 4.40. The number of imidazole rings is 1. The molecule has 0 bridgehead atoms. The van der Waals surface area contributed by atoms with Gasteiger partial charge in [0.05, 0.1) is 16.7 Å². The molecule has 78 valence electrons. The van der Waals surface area contributed by atoms with Crippen LogP contribution in [0.4, 0.5) is 0 Å². The fourth-order valence-electron chi connectivity index (χ4n) is 2.00. The first kappa shape index (κ1) is 9.19. The fraction of sp³-hybridized carbons (Fsp3) is 0.364. The highest BCUT2D eigenvalue weighted by molar-refractivity contribution is 6.30. The van der Waals surface area contributed by atoms with Crippen molar-refractivity contribution in [3.05, 3.63) is 35.4 Å². The van der Waals surface area contributed by atoms with Gasteiger partial charge in [0.1, 0.15) is 11.9 Å². The Bertz CT molecular complexity index is 488. The molecule has 0 aromatic carbocycles. The van der Waals surface area contributed by atoms with Crippen molar-refractivity contribution in [2.45, 2.75) is 18.9 Å². The van der Waals surface area contributed by atoms with Gasteiger partial charge in [-0.15, -0.1) is 0 Å². The smallest absolute Gasteiger partial charge is 0.142 e. The third-order valence-corrected chi connectivity index (χ3v) is 2.96. The number of fused-ring (bicyclic) bond motifs is 1. The number of rotatable bonds is 1. The van der Waals surface area contributed by atoms with E-state index in [9.17, 15) is 0 Å². The van der Waals surface area contributed by atoms with Crippen molar-refractivity contribution >= 4 is 17.1 Å². The molecule has 1 saturated heterocycles. The number of pyridine rings is 1. The molecule has 1 aliphatic heterocycles. The zero-order valence-electron chi connectivity index (χ0n) is 8.19. The zero-order valence-corrected chi connectivity index (χ0v) is 8.94. The molecule has 0 aliphatic carbocycles. The molecule has 0 amide bonds. The van der Waals surface area contributed by atoms with Crippen LogP contribution in [0, 0.1) is 0 Å². The average molecular weight is 223 g/mol. The minimum Gasteiger partial charge on any atom is -0.370 e. The topological polar surface area (TPSA) is 26.5 Å². The van der Waals surface area contributed by atoms with E-state index in [1.54, 1.807) is 0 Å². The molecular weight excluding hydrogens is 212 g/mol. The predicted molar refractivity (Wildman–Crippen MR) is 58.1 cm³/mol. The lowest BCUT2D eigenvalue weighted by Crippen LogP contribution is -2.02. The van der Waals surface area contributed by atoms with Gasteiger partial charge < -0.3 is 9.14 Å². The minimum atomic E-state index is 0.131. The molecule has 4 heteroatoms. The van der Waals surface area contributed by atoms with Crippen molar-refractivity contribution < 1.29 is 4.74 Å². The Labute approximate surface area is 92.6 Å². The predicted octanol–water partition coefficient (Wildman–Crippen LogP) is 2.84. The Morgan fingerprint density at radius 1 is 1.47 bits per heavy atom. The second kappa shape index (κ2) is 3.51. The maximum Gasteiger partial charge on any atom is 0.142 e. The third kappa shape index (κ3) is 1.52. The van der Waals surface area contributed by atoms with Crippen molar-refractivity contribution in [1.29, 1.82) is 0 Å². The van der Waals surface area contributed by atoms with Gasteiger partial charge >= 0.3 is 0 Å². The summed E-state index contributed by atoms with van der Waals surface area (Å²) in [7, 11) is 0. The van der Waals surface area contributed by atoms with Crippen LogP contribution < -0.4 is 0 Å². The maximum absolute atomic E-state index is 5.96. The van der Waals surface area contributed by atoms with Crippen molar-refractivity contribution in [3.63, 3.8) is 0 Å². The van der Waals surface area contributed by atoms with E-state index >= 15 is 0 Å². The van der Waals surface area contributed by atoms with Crippen LogP contribution in [-0.2, 0) is 4.74 Å². The monoisotopic (exact) mass is 222 g/mol. The van der Waals surface area contributed by atoms with Gasteiger partial charge in [-0.05, 0) is 25.0 Å². The van der Waals surface area contributed by atoms with E-state index in [-0.39, 0.29) is 6.10 Å². The van der Waals surface area contributed by atoms with Crippen LogP contribution in [0.15, 0.2) is 24.5 Å². The fourth-order valence-corrected chi connectivity index (χ4v) is 2.16. The van der Waals surface area contributed by atoms with Crippen LogP contribution in [0.5, 0.6) is 0 Å². The number of hydrogen-bond acceptors (Lipinski definition) is 2. The average Bonchev–Trinajstić information content (AvgIpc) is 2.83. The Hall–Kier alpha value is -1.06. The third-order valence-electron chi connectivity index (χ3n) is 2.74. The van der Waals surface area contributed by atoms with Crippen LogP contribution in [0.2, 0.25) is 5.02 Å². The van der Waals surface area contributed by atoms with E-state index in [0.717, 1.165) is 35.8 Å². The van der Waals surface area contributed by atoms with Crippen molar-refractivity contribution in [1.82, 2.24) is 9.38 Å². The molecule has 3 heterocycles. The molecule has 1 atom stereocenters. The van der Waals surface area contributed by atoms with E-state index in [1.165, 1.54) is 0 Å². The normalized spacial score (nSPS) is 21.3. The minimum absolute atomic E-state index is 0.131. The number of aromatic nitrogens is 2. The van der Waals surface area contributed by atoms with Gasteiger partial charge in [-0.3, -0.25) is 0 Å². The number of halogens is 1. The summed E-state index contributed by atoms with van der Waals surface area (Å²) in [6.45, 7) is 0.833. The van der Waals surface area contributed by atoms with Crippen LogP contribution in [0.1, 0.15) is 24.8 Å². The largest absolute Gasteiger partial charge is 0.370 e. The van der Waals surface area contributed by atoms with Crippen LogP contribution in [0.25, 0.3) is 5.52 Å². The van der Waals surface area contributed by atoms with Gasteiger partial charge in [0.15, 0.2) is 0 Å². The molecule has 2 aromatic heterocycles. The van der Waals surface area contributed by atoms with Crippen LogP contribution in [-0.4, -0.2) is 16.0 Å². The molecule has 15 heavy (non-hydrogen) atoms. The maximum atomic E-state index is 5.96. The van der Waals surface area contributed by atoms with Gasteiger partial charge in [0, 0.05) is 12.8 Å². The lowest BCUT2D eigenvalue weighted by Gasteiger charge is -2.08. The molecule has 1 aliphatic rings. The molecular formula is C11H11ClN2O. The Morgan fingerprint density at radius 3 is 3.20 bits per heavy atom. The molecule has 0 radical (unpaired) electrons. The Balaban J connectivity index is 2.13. The quantitative estimate of drug-likeness (QED) is 0.742. The molecule has 1 unspecified atom stereocenters. The van der Waals surface area contributed by atoms with Gasteiger partial charge in [-0.2, -0.15) is 0 Å². The Morgan fingerprint density at radius 2 is 2.40 bits per heavy atom. The van der Waals surface area contributed by atoms with E-state index in [0.29, 0.717) is 0 Å². The molecule has 3 rings (SSSR count). The standard InChI is InChI=1S/C11H11ClN2O/c12-8-3-4-9-6-13-11(14(9)7-8)10-2-1-5-15-10/h3-4,6-7,10H,1-2,5H2. The van der Waals surface area contributed by atoms with E-state index < -0.39 is 0 Å². The first-order valence-corrected chi connectivity index (χ1v) is 5.46. The van der Waals surface area contributed by atoms with E-state index in [2.05, 4.69) is 4.98 Å². The molecule has 0 spiro atoms. The van der Waals surface area contributed by atoms with E-state index in [1.807, 2.05) is 28.9 Å². The molecule has 0 N–H and O–H groups in total. The van der Waals surface area contributed by atoms with Gasteiger partial charge in [0.2, 0.25) is 0 Å². The summed E-state index contributed by atoms with van der Waals surface area (Å²) < 4.78 is 7.63. The summed E-state index contributed by atoms with van der Waals surface area (Å²) in [5.74, 6) is 0.963. The van der Waals surface area contributed by atoms with E-state index in [4.69, 9.17) is 16.3 Å². The van der Waals surface area contributed by atoms with Crippen molar-refractivity contribution in [2.75, 3.05) is 6.61 Å². The van der Waals surface area contributed by atoms with Gasteiger partial charge in [-0.1, -0.05) is 11.6 Å². The molecule has 1 fully saturated rings. The Kier molecular flexibility index (Phi) is 2.15. The van der Waals surface area contributed by atoms with Crippen molar-refractivity contribution in [3.8, 4) is 0 Å². The highest BCUT2D eigenvalue weighted by Gasteiger charge is 2.21. The second-order valence-electron chi connectivity index (χ2n) is 3.76. The van der Waals surface area contributed by atoms with Crippen LogP contribution >= 0.6 is 11.6 Å². The highest BCUT2D eigenvalue weighted by atomic mass is 35.5. The van der Waals surface area contributed by atoms with Gasteiger partial charge in [-0.25, -0.2) is 4.98 Å². The lowest BCUT2D eigenvalue weighted by molar-refractivity contribution is 0.104. The first-order valence-electron chi connectivity index (χ1n) is 5.09. The SMILES string of the molecule is Clc1ccc2cnc(C3CCCO3)n2c1. The molecule has 2 aromatic rings. The summed E-state index contributed by atoms with van der Waals surface area (Å²) >= 11 is 5.96. The second-order valence-corrected chi connectivity index (χ2v) is 4.20. The summed E-state index contributed by atoms with van der Waals surface area (Å²) in [5, 5.41) is 0.722. The summed E-state index contributed by atoms with van der Waals surface area (Å²) in [6, 6.07) is 3.84. The summed E-state index contributed by atoms with van der Waals surface area (Å²) in [6.07, 6.45) is 6.03. The first-order chi connectivity index (χ1) is 7.34. The summed E-state index contributed by atoms with van der Waals surface area (Å²) in [5.41, 5.74) is 1.06. The highest BCUT2D eigenvalue weighted by Crippen LogP contribution is 2.28. The number of ether oxygens (including phenoxy) is 1. The van der Waals surface area contributed by atoms with Crippen molar-refractivity contribution in [2.24, 2.45) is 0 Å². The molecule has 0 saturated carbocycles. The number of hydrogen-bond donors (Lipinski definition) is 0. The lowest BCUT2D eigenvalue weighted by atomic mass is 10.2. The molecule has 3 nitrogen and oxygen atoms in total. The van der Waals surface area contributed by atoms with Gasteiger partial charge in [0.25, 0.3) is 0 Å². The van der Waals surface area contributed by atoms with Crippen LogP contribution in [0.3, 0.4) is 0 Å². The number of nitrogens with zero attached hydrogens (tertiary/aromatic N) is 2.